The van der Waals surface area contributed by atoms with Gasteiger partial charge in [0.1, 0.15) is 14.9 Å². The number of hydrogen-bond acceptors (Lipinski definition) is 5. The van der Waals surface area contributed by atoms with Crippen molar-refractivity contribution in [3.63, 3.8) is 0 Å². The number of pyridine rings is 1. The Morgan fingerprint density at radius 3 is 2.71 bits per heavy atom. The van der Waals surface area contributed by atoms with Crippen LogP contribution in [0.2, 0.25) is 5.15 Å². The lowest BCUT2D eigenvalue weighted by Crippen LogP contribution is -2.26. The highest BCUT2D eigenvalue weighted by Gasteiger charge is 2.17. The zero-order valence-electron chi connectivity index (χ0n) is 15.5. The molecule has 5 nitrogen and oxygen atoms in total. The first-order valence-corrected chi connectivity index (χ1v) is 10.7. The molecular weight excluding hydrogens is 392 g/mol. The van der Waals surface area contributed by atoms with Gasteiger partial charge < -0.3 is 16.4 Å². The summed E-state index contributed by atoms with van der Waals surface area (Å²) >= 11 is 7.20. The molecule has 1 aliphatic rings. The Hall–Kier alpha value is -2.15. The van der Waals surface area contributed by atoms with Crippen LogP contribution in [-0.2, 0) is 6.42 Å². The minimum Gasteiger partial charge on any atom is -0.397 e. The Bertz CT molecular complexity index is 980. The third-order valence-electron chi connectivity index (χ3n) is 5.26. The predicted molar refractivity (Wildman–Crippen MR) is 116 cm³/mol. The largest absolute Gasteiger partial charge is 0.397 e. The van der Waals surface area contributed by atoms with E-state index in [1.807, 2.05) is 0 Å². The average Bonchev–Trinajstić information content (AvgIpc) is 3.05. The molecule has 0 unspecified atom stereocenters. The fraction of sp³-hybridized carbons (Fsp3) is 0.333. The maximum absolute atomic E-state index is 12.5. The van der Waals surface area contributed by atoms with Crippen LogP contribution >= 0.6 is 22.9 Å². The number of nitrogens with one attached hydrogen (secondary N) is 2. The Morgan fingerprint density at radius 2 is 1.96 bits per heavy atom. The summed E-state index contributed by atoms with van der Waals surface area (Å²) in [6.07, 6.45) is 3.19. The molecule has 1 amide bonds. The van der Waals surface area contributed by atoms with Gasteiger partial charge in [-0.3, -0.25) is 4.79 Å². The molecule has 0 aliphatic carbocycles. The van der Waals surface area contributed by atoms with E-state index < -0.39 is 0 Å². The van der Waals surface area contributed by atoms with Crippen LogP contribution in [0.1, 0.15) is 39.6 Å². The lowest BCUT2D eigenvalue weighted by molar-refractivity contribution is 0.0959. The number of thiophene rings is 1. The lowest BCUT2D eigenvalue weighted by atomic mass is 9.89. The van der Waals surface area contributed by atoms with E-state index in [4.69, 9.17) is 17.3 Å². The molecule has 1 aliphatic heterocycles. The number of carbonyl (C=O) groups excluding carboxylic acids is 1. The van der Waals surface area contributed by atoms with Gasteiger partial charge in [0.25, 0.3) is 5.91 Å². The number of aromatic nitrogens is 1. The van der Waals surface area contributed by atoms with Crippen molar-refractivity contribution in [2.45, 2.75) is 25.2 Å². The molecule has 1 aromatic carbocycles. The third kappa shape index (κ3) is 4.14. The van der Waals surface area contributed by atoms with Gasteiger partial charge in [-0.15, -0.1) is 11.3 Å². The van der Waals surface area contributed by atoms with Crippen molar-refractivity contribution in [3.05, 3.63) is 57.6 Å². The fourth-order valence-corrected chi connectivity index (χ4v) is 4.86. The Balaban J connectivity index is 1.34. The van der Waals surface area contributed by atoms with Crippen LogP contribution in [0.3, 0.4) is 0 Å². The number of nitrogens with zero attached hydrogens (tertiary/aromatic N) is 1. The number of fused-ring (bicyclic) bond motifs is 1. The van der Waals surface area contributed by atoms with Crippen molar-refractivity contribution >= 4 is 44.7 Å². The number of anilines is 1. The summed E-state index contributed by atoms with van der Waals surface area (Å²) in [5.41, 5.74) is 9.22. The van der Waals surface area contributed by atoms with Crippen molar-refractivity contribution in [2.75, 3.05) is 25.4 Å². The maximum Gasteiger partial charge on any atom is 0.263 e. The smallest absolute Gasteiger partial charge is 0.263 e. The average molecular weight is 415 g/mol. The Morgan fingerprint density at radius 1 is 1.21 bits per heavy atom. The molecule has 28 heavy (non-hydrogen) atoms. The van der Waals surface area contributed by atoms with E-state index >= 15 is 0 Å². The summed E-state index contributed by atoms with van der Waals surface area (Å²) in [4.78, 5) is 17.9. The monoisotopic (exact) mass is 414 g/mol. The molecule has 3 aromatic rings. The van der Waals surface area contributed by atoms with Gasteiger partial charge in [0.05, 0.1) is 5.69 Å². The molecule has 0 spiro atoms. The maximum atomic E-state index is 12.5. The molecule has 1 saturated heterocycles. The number of amides is 1. The van der Waals surface area contributed by atoms with Crippen molar-refractivity contribution in [1.29, 1.82) is 0 Å². The van der Waals surface area contributed by atoms with E-state index in [2.05, 4.69) is 39.9 Å². The first-order valence-electron chi connectivity index (χ1n) is 9.54. The number of nitrogen functional groups attached to an aromatic ring is 1. The topological polar surface area (TPSA) is 80.0 Å². The molecule has 4 N–H and O–H groups in total. The van der Waals surface area contributed by atoms with E-state index in [1.54, 1.807) is 12.1 Å². The van der Waals surface area contributed by atoms with Gasteiger partial charge in [0.15, 0.2) is 0 Å². The van der Waals surface area contributed by atoms with Crippen LogP contribution < -0.4 is 16.4 Å². The first-order chi connectivity index (χ1) is 13.6. The molecule has 2 aromatic heterocycles. The number of benzene rings is 1. The number of hydrogen-bond donors (Lipinski definition) is 3. The van der Waals surface area contributed by atoms with Crippen LogP contribution in [0.25, 0.3) is 10.2 Å². The molecule has 0 bridgehead atoms. The van der Waals surface area contributed by atoms with E-state index in [0.29, 0.717) is 33.0 Å². The van der Waals surface area contributed by atoms with Crippen molar-refractivity contribution in [1.82, 2.24) is 15.6 Å². The second kappa shape index (κ2) is 8.47. The minimum atomic E-state index is -0.164. The summed E-state index contributed by atoms with van der Waals surface area (Å²) in [5.74, 6) is 0.496. The number of rotatable bonds is 5. The highest BCUT2D eigenvalue weighted by atomic mass is 35.5. The minimum absolute atomic E-state index is 0.164. The zero-order chi connectivity index (χ0) is 19.5. The Labute approximate surface area is 173 Å². The lowest BCUT2D eigenvalue weighted by Gasteiger charge is -2.23. The summed E-state index contributed by atoms with van der Waals surface area (Å²) in [6, 6.07) is 12.3. The van der Waals surface area contributed by atoms with Gasteiger partial charge in [-0.2, -0.15) is 0 Å². The van der Waals surface area contributed by atoms with Gasteiger partial charge in [-0.25, -0.2) is 4.98 Å². The van der Waals surface area contributed by atoms with Gasteiger partial charge in [0.2, 0.25) is 0 Å². The van der Waals surface area contributed by atoms with E-state index in [9.17, 15) is 4.79 Å². The first kappa shape index (κ1) is 19.2. The fourth-order valence-electron chi connectivity index (χ4n) is 3.66. The van der Waals surface area contributed by atoms with Gasteiger partial charge >= 0.3 is 0 Å². The van der Waals surface area contributed by atoms with Crippen molar-refractivity contribution in [3.8, 4) is 0 Å². The molecule has 4 rings (SSSR count). The van der Waals surface area contributed by atoms with Crippen LogP contribution in [0.5, 0.6) is 0 Å². The second-order valence-electron chi connectivity index (χ2n) is 7.10. The molecule has 3 heterocycles. The molecule has 0 atom stereocenters. The van der Waals surface area contributed by atoms with Crippen molar-refractivity contribution in [2.24, 2.45) is 0 Å². The van der Waals surface area contributed by atoms with Crippen LogP contribution in [0, 0.1) is 0 Å². The summed E-state index contributed by atoms with van der Waals surface area (Å²) in [7, 11) is 0. The SMILES string of the molecule is Nc1c(C(=O)NCCc2ccc(C3CCNCC3)cc2)sc2nc(Cl)ccc12. The Kier molecular flexibility index (Phi) is 5.80. The summed E-state index contributed by atoms with van der Waals surface area (Å²) in [5, 5.41) is 7.54. The number of carbonyl (C=O) groups is 1. The van der Waals surface area contributed by atoms with E-state index in [0.717, 1.165) is 24.9 Å². The summed E-state index contributed by atoms with van der Waals surface area (Å²) < 4.78 is 0. The molecule has 1 fully saturated rings. The standard InChI is InChI=1S/C21H23ClN4OS/c22-17-6-5-16-18(23)19(28-21(16)26-17)20(27)25-12-7-13-1-3-14(4-2-13)15-8-10-24-11-9-15/h1-6,15,24H,7-12,23H2,(H,25,27). The quantitative estimate of drug-likeness (QED) is 0.552. The second-order valence-corrected chi connectivity index (χ2v) is 8.49. The van der Waals surface area contributed by atoms with Crippen molar-refractivity contribution < 1.29 is 4.79 Å². The van der Waals surface area contributed by atoms with Crippen LogP contribution in [0.15, 0.2) is 36.4 Å². The van der Waals surface area contributed by atoms with Gasteiger partial charge in [0, 0.05) is 11.9 Å². The van der Waals surface area contributed by atoms with Gasteiger partial charge in [-0.1, -0.05) is 35.9 Å². The predicted octanol–water partition coefficient (Wildman–Crippen LogP) is 3.97. The van der Waals surface area contributed by atoms with Crippen LogP contribution in [-0.4, -0.2) is 30.5 Å². The summed E-state index contributed by atoms with van der Waals surface area (Å²) in [6.45, 7) is 2.76. The molecule has 0 radical (unpaired) electrons. The third-order valence-corrected chi connectivity index (χ3v) is 6.58. The molecular formula is C21H23ClN4OS. The highest BCUT2D eigenvalue weighted by molar-refractivity contribution is 7.21. The zero-order valence-corrected chi connectivity index (χ0v) is 17.1. The molecule has 0 saturated carbocycles. The highest BCUT2D eigenvalue weighted by Crippen LogP contribution is 2.33. The van der Waals surface area contributed by atoms with Gasteiger partial charge in [-0.05, 0) is 61.5 Å². The number of piperidine rings is 1. The normalized spacial score (nSPS) is 15.0. The molecule has 7 heteroatoms. The number of nitrogens with two attached hydrogens (primary N) is 1. The molecule has 146 valence electrons. The number of halogens is 1. The van der Waals surface area contributed by atoms with E-state index in [1.165, 1.54) is 35.3 Å². The van der Waals surface area contributed by atoms with Crippen LogP contribution in [0.4, 0.5) is 5.69 Å². The van der Waals surface area contributed by atoms with E-state index in [-0.39, 0.29) is 5.91 Å².